The zero-order valence-corrected chi connectivity index (χ0v) is 15.6. The van der Waals surface area contributed by atoms with Gasteiger partial charge < -0.3 is 24.9 Å². The highest BCUT2D eigenvalue weighted by Gasteiger charge is 2.22. The summed E-state index contributed by atoms with van der Waals surface area (Å²) >= 11 is 0. The molecule has 4 rings (SSSR count). The molecule has 0 aliphatic carbocycles. The van der Waals surface area contributed by atoms with Gasteiger partial charge in [-0.15, -0.1) is 0 Å². The van der Waals surface area contributed by atoms with Crippen LogP contribution in [0.15, 0.2) is 22.6 Å². The number of aromatic hydroxyl groups is 1. The van der Waals surface area contributed by atoms with E-state index in [4.69, 9.17) is 9.15 Å². The third kappa shape index (κ3) is 3.31. The molecule has 0 fully saturated rings. The van der Waals surface area contributed by atoms with Crippen molar-refractivity contribution in [3.05, 3.63) is 46.6 Å². The number of aryl methyl sites for hydroxylation is 1. The van der Waals surface area contributed by atoms with E-state index in [2.05, 4.69) is 25.8 Å². The zero-order valence-electron chi connectivity index (χ0n) is 15.6. The first-order chi connectivity index (χ1) is 13.6. The predicted octanol–water partition coefficient (Wildman–Crippen LogP) is 1.66. The second kappa shape index (κ2) is 7.35. The maximum absolute atomic E-state index is 12.5. The van der Waals surface area contributed by atoms with Gasteiger partial charge in [0.25, 0.3) is 5.91 Å². The Bertz CT molecular complexity index is 1020. The molecule has 0 bridgehead atoms. The van der Waals surface area contributed by atoms with Crippen molar-refractivity contribution in [1.82, 2.24) is 25.8 Å². The number of ether oxygens (including phenoxy) is 1. The van der Waals surface area contributed by atoms with Gasteiger partial charge in [-0.25, -0.2) is 4.98 Å². The summed E-state index contributed by atoms with van der Waals surface area (Å²) in [6.07, 6.45) is 0.767. The molecule has 2 aromatic heterocycles. The summed E-state index contributed by atoms with van der Waals surface area (Å²) in [5.74, 6) is 1.09. The molecule has 28 heavy (non-hydrogen) atoms. The molecule has 0 spiro atoms. The van der Waals surface area contributed by atoms with E-state index in [1.54, 1.807) is 19.1 Å². The van der Waals surface area contributed by atoms with Gasteiger partial charge in [-0.3, -0.25) is 9.89 Å². The first-order valence-corrected chi connectivity index (χ1v) is 8.95. The molecule has 1 aromatic carbocycles. The van der Waals surface area contributed by atoms with Crippen molar-refractivity contribution in [2.24, 2.45) is 0 Å². The standard InChI is InChI=1S/C19H21N5O4/c1-10-13(22-19(28-10)11-3-4-16(27-2)15(25)7-11)9-21-18(26)17-12-5-6-20-8-14(12)23-24-17/h3-4,7,20,25H,5-6,8-9H2,1-2H3,(H,21,26)(H,23,24). The monoisotopic (exact) mass is 383 g/mol. The van der Waals surface area contributed by atoms with Crippen LogP contribution >= 0.6 is 0 Å². The number of methoxy groups -OCH3 is 1. The third-order valence-corrected chi connectivity index (χ3v) is 4.76. The van der Waals surface area contributed by atoms with Gasteiger partial charge in [0, 0.05) is 17.7 Å². The van der Waals surface area contributed by atoms with Crippen LogP contribution in [-0.2, 0) is 19.5 Å². The van der Waals surface area contributed by atoms with Gasteiger partial charge in [-0.2, -0.15) is 5.10 Å². The van der Waals surface area contributed by atoms with Crippen molar-refractivity contribution >= 4 is 5.91 Å². The molecule has 0 saturated carbocycles. The Balaban J connectivity index is 1.48. The van der Waals surface area contributed by atoms with Crippen LogP contribution in [0.5, 0.6) is 11.5 Å². The van der Waals surface area contributed by atoms with E-state index in [1.807, 2.05) is 0 Å². The lowest BCUT2D eigenvalue weighted by Crippen LogP contribution is -2.28. The van der Waals surface area contributed by atoms with E-state index in [1.165, 1.54) is 13.2 Å². The molecule has 0 atom stereocenters. The molecular formula is C19H21N5O4. The smallest absolute Gasteiger partial charge is 0.272 e. The summed E-state index contributed by atoms with van der Waals surface area (Å²) in [5, 5.41) is 23.1. The van der Waals surface area contributed by atoms with E-state index in [0.29, 0.717) is 40.9 Å². The molecule has 0 unspecified atom stereocenters. The number of aromatic nitrogens is 3. The molecule has 146 valence electrons. The number of H-pyrrole nitrogens is 1. The van der Waals surface area contributed by atoms with Crippen molar-refractivity contribution in [3.8, 4) is 23.0 Å². The lowest BCUT2D eigenvalue weighted by molar-refractivity contribution is 0.0944. The number of hydrogen-bond acceptors (Lipinski definition) is 7. The molecule has 4 N–H and O–H groups in total. The second-order valence-corrected chi connectivity index (χ2v) is 6.55. The maximum atomic E-state index is 12.5. The number of benzene rings is 1. The van der Waals surface area contributed by atoms with Crippen LogP contribution in [0.4, 0.5) is 0 Å². The number of oxazole rings is 1. The highest BCUT2D eigenvalue weighted by Crippen LogP contribution is 2.31. The molecule has 3 aromatic rings. The number of rotatable bonds is 5. The Morgan fingerprint density at radius 1 is 1.43 bits per heavy atom. The highest BCUT2D eigenvalue weighted by molar-refractivity contribution is 5.94. The van der Waals surface area contributed by atoms with Crippen LogP contribution in [0.1, 0.15) is 33.2 Å². The van der Waals surface area contributed by atoms with Gasteiger partial charge in [0.05, 0.1) is 19.3 Å². The number of nitrogens with one attached hydrogen (secondary N) is 3. The third-order valence-electron chi connectivity index (χ3n) is 4.76. The zero-order chi connectivity index (χ0) is 19.7. The van der Waals surface area contributed by atoms with Crippen molar-refractivity contribution < 1.29 is 19.1 Å². The average molecular weight is 383 g/mol. The predicted molar refractivity (Wildman–Crippen MR) is 100 cm³/mol. The number of nitrogens with zero attached hydrogens (tertiary/aromatic N) is 2. The molecule has 1 aliphatic heterocycles. The number of hydrogen-bond donors (Lipinski definition) is 4. The first-order valence-electron chi connectivity index (χ1n) is 8.95. The van der Waals surface area contributed by atoms with Crippen LogP contribution in [0, 0.1) is 6.92 Å². The molecule has 9 nitrogen and oxygen atoms in total. The van der Waals surface area contributed by atoms with Crippen LogP contribution in [-0.4, -0.2) is 39.8 Å². The Labute approximate surface area is 161 Å². The molecule has 1 amide bonds. The number of carbonyl (C=O) groups excluding carboxylic acids is 1. The first kappa shape index (κ1) is 18.1. The SMILES string of the molecule is COc1ccc(-c2nc(CNC(=O)c3n[nH]c4c3CCNC4)c(C)o2)cc1O. The Morgan fingerprint density at radius 3 is 3.07 bits per heavy atom. The Kier molecular flexibility index (Phi) is 4.74. The van der Waals surface area contributed by atoms with Crippen molar-refractivity contribution in [1.29, 1.82) is 0 Å². The summed E-state index contributed by atoms with van der Waals surface area (Å²) in [6.45, 7) is 3.52. The van der Waals surface area contributed by atoms with Crippen LogP contribution in [0.2, 0.25) is 0 Å². The summed E-state index contributed by atoms with van der Waals surface area (Å²) in [6, 6.07) is 4.91. The fraction of sp³-hybridized carbons (Fsp3) is 0.316. The van der Waals surface area contributed by atoms with E-state index >= 15 is 0 Å². The quantitative estimate of drug-likeness (QED) is 0.528. The van der Waals surface area contributed by atoms with Gasteiger partial charge in [0.1, 0.15) is 11.5 Å². The second-order valence-electron chi connectivity index (χ2n) is 6.55. The Hall–Kier alpha value is -3.33. The van der Waals surface area contributed by atoms with Gasteiger partial charge in [-0.1, -0.05) is 0 Å². The van der Waals surface area contributed by atoms with E-state index < -0.39 is 0 Å². The average Bonchev–Trinajstić information content (AvgIpc) is 3.29. The minimum Gasteiger partial charge on any atom is -0.504 e. The summed E-state index contributed by atoms with van der Waals surface area (Å²) in [5.41, 5.74) is 3.58. The summed E-state index contributed by atoms with van der Waals surface area (Å²) in [4.78, 5) is 17.0. The van der Waals surface area contributed by atoms with Gasteiger partial charge in [0.15, 0.2) is 17.2 Å². The van der Waals surface area contributed by atoms with E-state index in [9.17, 15) is 9.90 Å². The maximum Gasteiger partial charge on any atom is 0.272 e. The van der Waals surface area contributed by atoms with Crippen molar-refractivity contribution in [3.63, 3.8) is 0 Å². The Morgan fingerprint density at radius 2 is 2.29 bits per heavy atom. The van der Waals surface area contributed by atoms with Crippen molar-refractivity contribution in [2.45, 2.75) is 26.4 Å². The molecule has 0 radical (unpaired) electrons. The molecule has 9 heteroatoms. The highest BCUT2D eigenvalue weighted by atomic mass is 16.5. The lowest BCUT2D eigenvalue weighted by Gasteiger charge is -2.12. The van der Waals surface area contributed by atoms with Gasteiger partial charge in [0.2, 0.25) is 5.89 Å². The molecule has 0 saturated heterocycles. The fourth-order valence-corrected chi connectivity index (χ4v) is 3.22. The van der Waals surface area contributed by atoms with Crippen LogP contribution in [0.25, 0.3) is 11.5 Å². The number of phenols is 1. The van der Waals surface area contributed by atoms with E-state index in [0.717, 1.165) is 24.2 Å². The van der Waals surface area contributed by atoms with Gasteiger partial charge >= 0.3 is 0 Å². The number of carbonyl (C=O) groups is 1. The molecule has 1 aliphatic rings. The summed E-state index contributed by atoms with van der Waals surface area (Å²) < 4.78 is 10.7. The minimum absolute atomic E-state index is 0.00324. The normalized spacial score (nSPS) is 13.2. The topological polar surface area (TPSA) is 125 Å². The number of amides is 1. The van der Waals surface area contributed by atoms with Crippen LogP contribution in [0.3, 0.4) is 0 Å². The minimum atomic E-state index is -0.245. The lowest BCUT2D eigenvalue weighted by atomic mass is 10.1. The van der Waals surface area contributed by atoms with Crippen LogP contribution < -0.4 is 15.4 Å². The largest absolute Gasteiger partial charge is 0.504 e. The fourth-order valence-electron chi connectivity index (χ4n) is 3.22. The van der Waals surface area contributed by atoms with E-state index in [-0.39, 0.29) is 18.2 Å². The molecule has 3 heterocycles. The number of aromatic amines is 1. The number of fused-ring (bicyclic) bond motifs is 1. The van der Waals surface area contributed by atoms with Crippen molar-refractivity contribution in [2.75, 3.05) is 13.7 Å². The number of phenolic OH excluding ortho intramolecular Hbond substituents is 1. The molecular weight excluding hydrogens is 362 g/mol. The van der Waals surface area contributed by atoms with Gasteiger partial charge in [-0.05, 0) is 38.1 Å². The summed E-state index contributed by atoms with van der Waals surface area (Å²) in [7, 11) is 1.48.